The van der Waals surface area contributed by atoms with Crippen molar-refractivity contribution in [2.45, 2.75) is 63.5 Å². The number of amides is 2. The first kappa shape index (κ1) is 30.3. The molecule has 8 heteroatoms. The van der Waals surface area contributed by atoms with E-state index in [0.29, 0.717) is 30.1 Å². The average Bonchev–Trinajstić information content (AvgIpc) is 3.28. The maximum atomic E-state index is 13.7. The van der Waals surface area contributed by atoms with Gasteiger partial charge in [-0.1, -0.05) is 86.0 Å². The molecule has 224 valence electrons. The fraction of sp³-hybridized carbons (Fsp3) is 0.343. The van der Waals surface area contributed by atoms with Crippen LogP contribution in [0, 0.1) is 5.92 Å². The number of hydrogen-bond acceptors (Lipinski definition) is 3. The van der Waals surface area contributed by atoms with Crippen molar-refractivity contribution in [3.05, 3.63) is 107 Å². The Morgan fingerprint density at radius 1 is 0.907 bits per heavy atom. The van der Waals surface area contributed by atoms with E-state index in [1.807, 2.05) is 79.7 Å². The Hall–Kier alpha value is -4.20. The first-order valence-electron chi connectivity index (χ1n) is 14.8. The average molecular weight is 588 g/mol. The lowest BCUT2D eigenvalue weighted by Gasteiger charge is -2.31. The molecule has 43 heavy (non-hydrogen) atoms. The van der Waals surface area contributed by atoms with Gasteiger partial charge in [-0.05, 0) is 79.0 Å². The van der Waals surface area contributed by atoms with Crippen LogP contribution in [0.25, 0.3) is 11.1 Å². The minimum atomic E-state index is -4.50. The number of benzene rings is 3. The number of unbranched alkanes of at least 4 members (excludes halogenated alkanes) is 1. The highest BCUT2D eigenvalue weighted by atomic mass is 19.4. The van der Waals surface area contributed by atoms with Crippen LogP contribution in [-0.4, -0.2) is 30.2 Å². The summed E-state index contributed by atoms with van der Waals surface area (Å²) in [5, 5.41) is 5.14. The summed E-state index contributed by atoms with van der Waals surface area (Å²) in [6.45, 7) is 0.597. The molecule has 1 atom stereocenters. The summed E-state index contributed by atoms with van der Waals surface area (Å²) in [4.78, 5) is 31.0. The normalized spacial score (nSPS) is 19.9. The van der Waals surface area contributed by atoms with Crippen LogP contribution in [-0.2, 0) is 10.2 Å². The molecule has 3 aromatic carbocycles. The second-order valence-electron chi connectivity index (χ2n) is 11.4. The highest BCUT2D eigenvalue weighted by Gasteiger charge is 2.49. The number of carbonyl (C=O) groups is 2. The summed E-state index contributed by atoms with van der Waals surface area (Å²) >= 11 is 0. The van der Waals surface area contributed by atoms with Gasteiger partial charge in [0.15, 0.2) is 0 Å². The van der Waals surface area contributed by atoms with E-state index in [1.165, 1.54) is 0 Å². The number of fused-ring (bicyclic) bond motifs is 3. The van der Waals surface area contributed by atoms with Gasteiger partial charge >= 0.3 is 6.18 Å². The minimum absolute atomic E-state index is 0.202. The molecule has 0 aromatic heterocycles. The maximum Gasteiger partial charge on any atom is 0.405 e. The molecule has 1 unspecified atom stereocenters. The van der Waals surface area contributed by atoms with E-state index in [9.17, 15) is 22.8 Å². The number of aliphatic imine (C=N–C) groups is 1. The van der Waals surface area contributed by atoms with Crippen LogP contribution < -0.4 is 10.6 Å². The van der Waals surface area contributed by atoms with Crippen molar-refractivity contribution in [1.29, 1.82) is 0 Å². The van der Waals surface area contributed by atoms with Gasteiger partial charge in [-0.3, -0.25) is 9.59 Å². The molecule has 0 bridgehead atoms. The monoisotopic (exact) mass is 587 g/mol. The number of nitrogens with zero attached hydrogens (tertiary/aromatic N) is 1. The number of allylic oxidation sites excluding steroid dienone is 1. The maximum absolute atomic E-state index is 13.7. The lowest BCUT2D eigenvalue weighted by molar-refractivity contribution is -0.141. The summed E-state index contributed by atoms with van der Waals surface area (Å²) < 4.78 is 39.5. The van der Waals surface area contributed by atoms with E-state index < -0.39 is 24.0 Å². The van der Waals surface area contributed by atoms with E-state index in [0.717, 1.165) is 60.1 Å². The van der Waals surface area contributed by atoms with Crippen molar-refractivity contribution < 1.29 is 22.8 Å². The van der Waals surface area contributed by atoms with Crippen molar-refractivity contribution in [3.63, 3.8) is 0 Å². The molecular formula is C35H36F3N3O2. The number of rotatable bonds is 9. The Morgan fingerprint density at radius 2 is 1.53 bits per heavy atom. The van der Waals surface area contributed by atoms with Gasteiger partial charge in [0.2, 0.25) is 5.91 Å². The van der Waals surface area contributed by atoms with Crippen LogP contribution in [0.5, 0.6) is 0 Å². The number of hydrogen-bond donors (Lipinski definition) is 2. The number of carbonyl (C=O) groups excluding carboxylic acids is 2. The van der Waals surface area contributed by atoms with Crippen molar-refractivity contribution in [3.8, 4) is 11.1 Å². The fourth-order valence-electron chi connectivity index (χ4n) is 6.34. The lowest BCUT2D eigenvalue weighted by atomic mass is 9.73. The topological polar surface area (TPSA) is 70.6 Å². The van der Waals surface area contributed by atoms with Gasteiger partial charge in [0.1, 0.15) is 17.8 Å². The van der Waals surface area contributed by atoms with Crippen molar-refractivity contribution in [2.24, 2.45) is 10.9 Å². The van der Waals surface area contributed by atoms with Crippen LogP contribution in [0.15, 0.2) is 95.8 Å². The molecule has 1 heterocycles. The molecule has 0 fully saturated rings. The highest BCUT2D eigenvalue weighted by Crippen LogP contribution is 2.51. The quantitative estimate of drug-likeness (QED) is 0.252. The molecule has 2 N–H and O–H groups in total. The molecule has 2 aliphatic rings. The molecule has 2 amide bonds. The van der Waals surface area contributed by atoms with E-state index in [2.05, 4.69) is 15.6 Å². The first-order valence-corrected chi connectivity index (χ1v) is 14.8. The second kappa shape index (κ2) is 13.0. The fourth-order valence-corrected chi connectivity index (χ4v) is 6.34. The van der Waals surface area contributed by atoms with Crippen LogP contribution in [0.3, 0.4) is 0 Å². The van der Waals surface area contributed by atoms with E-state index in [1.54, 1.807) is 12.1 Å². The lowest BCUT2D eigenvalue weighted by Crippen LogP contribution is -2.47. The van der Waals surface area contributed by atoms with Crippen molar-refractivity contribution in [1.82, 2.24) is 10.6 Å². The van der Waals surface area contributed by atoms with Crippen LogP contribution >= 0.6 is 0 Å². The molecule has 3 aromatic rings. The van der Waals surface area contributed by atoms with Gasteiger partial charge in [-0.2, -0.15) is 13.2 Å². The zero-order valence-corrected chi connectivity index (χ0v) is 24.2. The smallest absolute Gasteiger partial charge is 0.346 e. The largest absolute Gasteiger partial charge is 0.405 e. The minimum Gasteiger partial charge on any atom is -0.346 e. The van der Waals surface area contributed by atoms with Crippen molar-refractivity contribution in [2.75, 3.05) is 6.54 Å². The molecule has 0 saturated carbocycles. The molecule has 5 rings (SSSR count). The zero-order chi connectivity index (χ0) is 30.5. The summed E-state index contributed by atoms with van der Waals surface area (Å²) in [6.07, 6.45) is 2.79. The Morgan fingerprint density at radius 3 is 2.19 bits per heavy atom. The standard InChI is InChI=1S/C35H36F3N3O2/c1-24-18-19-25(20-21-31(40-24)41-32(42)26-12-3-2-4-13-26)11-9-10-22-34(33(43)39-23-35(36,37)38)29-16-7-5-14-27(29)28-15-6-8-17-30(28)34/h2-8,12-17,21,25H,9-11,18-20,22-23H2,1H3,(H,39,43)(H,41,42)/b31-21+,40-24-. The molecule has 1 aliphatic carbocycles. The van der Waals surface area contributed by atoms with Crippen LogP contribution in [0.2, 0.25) is 0 Å². The van der Waals surface area contributed by atoms with Gasteiger partial charge in [-0.15, -0.1) is 0 Å². The van der Waals surface area contributed by atoms with Gasteiger partial charge in [0.05, 0.1) is 0 Å². The van der Waals surface area contributed by atoms with E-state index in [4.69, 9.17) is 0 Å². The molecule has 1 aliphatic heterocycles. The Labute approximate surface area is 250 Å². The number of alkyl halides is 3. The van der Waals surface area contributed by atoms with E-state index >= 15 is 0 Å². The SMILES string of the molecule is C/C1=N/C(NC(=O)c2ccccc2)=C\CC(CCCCC2(C(=O)NCC(F)(F)F)c3ccccc3-c3ccccc32)CC1. The summed E-state index contributed by atoms with van der Waals surface area (Å²) in [5.41, 5.74) is 3.64. The van der Waals surface area contributed by atoms with Gasteiger partial charge in [0, 0.05) is 11.3 Å². The summed E-state index contributed by atoms with van der Waals surface area (Å²) in [6, 6.07) is 24.1. The number of nitrogens with one attached hydrogen (secondary N) is 2. The third-order valence-electron chi connectivity index (χ3n) is 8.46. The Kier molecular flexibility index (Phi) is 9.14. The van der Waals surface area contributed by atoms with Crippen LogP contribution in [0.1, 0.15) is 73.4 Å². The van der Waals surface area contributed by atoms with Crippen molar-refractivity contribution >= 4 is 17.5 Å². The third kappa shape index (κ3) is 6.90. The van der Waals surface area contributed by atoms with Gasteiger partial charge in [-0.25, -0.2) is 4.99 Å². The molecule has 0 saturated heterocycles. The third-order valence-corrected chi connectivity index (χ3v) is 8.46. The Bertz CT molecular complexity index is 1480. The first-order chi connectivity index (χ1) is 20.7. The molecular weight excluding hydrogens is 551 g/mol. The molecule has 0 spiro atoms. The predicted octanol–water partition coefficient (Wildman–Crippen LogP) is 7.72. The zero-order valence-electron chi connectivity index (χ0n) is 24.2. The molecule has 0 radical (unpaired) electrons. The predicted molar refractivity (Wildman–Crippen MR) is 163 cm³/mol. The Balaban J connectivity index is 1.29. The summed E-state index contributed by atoms with van der Waals surface area (Å²) in [7, 11) is 0. The molecule has 5 nitrogen and oxygen atoms in total. The summed E-state index contributed by atoms with van der Waals surface area (Å²) in [5.74, 6) is 0.0937. The van der Waals surface area contributed by atoms with Gasteiger partial charge < -0.3 is 10.6 Å². The van der Waals surface area contributed by atoms with E-state index in [-0.39, 0.29) is 5.91 Å². The van der Waals surface area contributed by atoms with Gasteiger partial charge in [0.25, 0.3) is 5.91 Å². The highest BCUT2D eigenvalue weighted by molar-refractivity contribution is 6.00. The number of halogens is 3. The van der Waals surface area contributed by atoms with Crippen LogP contribution in [0.4, 0.5) is 13.2 Å². The second-order valence-corrected chi connectivity index (χ2v) is 11.4.